The second-order valence-electron chi connectivity index (χ2n) is 6.73. The highest BCUT2D eigenvalue weighted by Gasteiger charge is 2.21. The van der Waals surface area contributed by atoms with Crippen LogP contribution in [0.2, 0.25) is 0 Å². The molecule has 1 saturated carbocycles. The highest BCUT2D eigenvalue weighted by molar-refractivity contribution is 14.0. The number of ether oxygens (including phenoxy) is 1. The van der Waals surface area contributed by atoms with Gasteiger partial charge in [-0.2, -0.15) is 5.10 Å². The fraction of sp³-hybridized carbons (Fsp3) is 0.500. The quantitative estimate of drug-likeness (QED) is 0.258. The summed E-state index contributed by atoms with van der Waals surface area (Å²) in [7, 11) is 2.06. The molecule has 6 nitrogen and oxygen atoms in total. The first-order valence-electron chi connectivity index (χ1n) is 9.42. The molecule has 0 amide bonds. The van der Waals surface area contributed by atoms with Crippen LogP contribution in [-0.2, 0) is 11.3 Å². The van der Waals surface area contributed by atoms with Crippen LogP contribution >= 0.6 is 24.0 Å². The Bertz CT molecular complexity index is 700. The first-order valence-corrected chi connectivity index (χ1v) is 9.42. The first-order chi connectivity index (χ1) is 12.8. The molecule has 0 unspecified atom stereocenters. The van der Waals surface area contributed by atoms with Crippen molar-refractivity contribution in [2.45, 2.75) is 26.3 Å². The van der Waals surface area contributed by atoms with Gasteiger partial charge in [0.1, 0.15) is 0 Å². The van der Waals surface area contributed by atoms with Crippen LogP contribution in [0.3, 0.4) is 0 Å². The molecule has 1 heterocycles. The van der Waals surface area contributed by atoms with Crippen LogP contribution in [0.4, 0.5) is 0 Å². The summed E-state index contributed by atoms with van der Waals surface area (Å²) in [5, 5.41) is 7.65. The molecule has 7 heteroatoms. The lowest BCUT2D eigenvalue weighted by atomic mass is 10.2. The van der Waals surface area contributed by atoms with Gasteiger partial charge in [-0.3, -0.25) is 0 Å². The Morgan fingerprint density at radius 2 is 2.22 bits per heavy atom. The Kier molecular flexibility index (Phi) is 9.06. The Morgan fingerprint density at radius 1 is 1.37 bits per heavy atom. The maximum absolute atomic E-state index is 5.74. The van der Waals surface area contributed by atoms with E-state index >= 15 is 0 Å². The molecule has 27 heavy (non-hydrogen) atoms. The van der Waals surface area contributed by atoms with Crippen LogP contribution < -0.4 is 5.32 Å². The molecule has 1 aromatic carbocycles. The van der Waals surface area contributed by atoms with Gasteiger partial charge in [0.15, 0.2) is 5.96 Å². The number of nitrogens with one attached hydrogen (secondary N) is 1. The third kappa shape index (κ3) is 7.14. The standard InChI is InChI=1S/C20H29N5O.HI/c1-3-21-20(24(2)12-13-26-16-17-8-9-17)22-15-18-6-4-7-19(14-18)25-11-5-10-23-25;/h4-7,10-11,14,17H,3,8-9,12-13,15-16H2,1-2H3,(H,21,22);1H. The van der Waals surface area contributed by atoms with Crippen molar-refractivity contribution in [1.29, 1.82) is 0 Å². The van der Waals surface area contributed by atoms with Gasteiger partial charge in [-0.1, -0.05) is 12.1 Å². The van der Waals surface area contributed by atoms with Gasteiger partial charge in [-0.05, 0) is 49.4 Å². The van der Waals surface area contributed by atoms with Crippen LogP contribution in [0.5, 0.6) is 0 Å². The number of halogens is 1. The van der Waals surface area contributed by atoms with Gasteiger partial charge in [-0.15, -0.1) is 24.0 Å². The van der Waals surface area contributed by atoms with Crippen molar-refractivity contribution in [1.82, 2.24) is 20.0 Å². The second kappa shape index (κ2) is 11.3. The molecule has 0 aliphatic heterocycles. The van der Waals surface area contributed by atoms with Gasteiger partial charge in [-0.25, -0.2) is 9.67 Å². The minimum absolute atomic E-state index is 0. The number of benzene rings is 1. The van der Waals surface area contributed by atoms with Crippen molar-refractivity contribution in [3.8, 4) is 5.69 Å². The number of aliphatic imine (C=N–C) groups is 1. The number of guanidine groups is 1. The van der Waals surface area contributed by atoms with E-state index in [1.165, 1.54) is 12.8 Å². The predicted molar refractivity (Wildman–Crippen MR) is 120 cm³/mol. The lowest BCUT2D eigenvalue weighted by Gasteiger charge is -2.22. The van der Waals surface area contributed by atoms with E-state index in [4.69, 9.17) is 9.73 Å². The number of likely N-dealkylation sites (N-methyl/N-ethyl adjacent to an activating group) is 1. The topological polar surface area (TPSA) is 54.7 Å². The first kappa shape index (κ1) is 21.7. The van der Waals surface area contributed by atoms with Crippen LogP contribution in [-0.4, -0.2) is 54.0 Å². The van der Waals surface area contributed by atoms with E-state index in [2.05, 4.69) is 47.5 Å². The average molecular weight is 483 g/mol. The maximum Gasteiger partial charge on any atom is 0.194 e. The Balaban J connectivity index is 0.00000261. The third-order valence-corrected chi connectivity index (χ3v) is 4.41. The van der Waals surface area contributed by atoms with Crippen LogP contribution in [0.1, 0.15) is 25.3 Å². The van der Waals surface area contributed by atoms with E-state index in [9.17, 15) is 0 Å². The normalized spacial score (nSPS) is 13.9. The zero-order chi connectivity index (χ0) is 18.2. The van der Waals surface area contributed by atoms with E-state index in [1.807, 2.05) is 23.0 Å². The molecule has 0 spiro atoms. The van der Waals surface area contributed by atoms with Gasteiger partial charge in [0.25, 0.3) is 0 Å². The van der Waals surface area contributed by atoms with Crippen molar-refractivity contribution in [2.75, 3.05) is 33.4 Å². The third-order valence-electron chi connectivity index (χ3n) is 4.41. The highest BCUT2D eigenvalue weighted by Crippen LogP contribution is 2.28. The van der Waals surface area contributed by atoms with Crippen molar-refractivity contribution in [2.24, 2.45) is 10.9 Å². The van der Waals surface area contributed by atoms with Crippen LogP contribution in [0.25, 0.3) is 5.69 Å². The second-order valence-corrected chi connectivity index (χ2v) is 6.73. The molecule has 0 bridgehead atoms. The molecule has 1 aliphatic rings. The van der Waals surface area contributed by atoms with E-state index < -0.39 is 0 Å². The SMILES string of the molecule is CCNC(=NCc1cccc(-n2cccn2)c1)N(C)CCOCC1CC1.I. The number of aromatic nitrogens is 2. The number of rotatable bonds is 9. The Labute approximate surface area is 179 Å². The average Bonchev–Trinajstić information content (AvgIpc) is 3.32. The van der Waals surface area contributed by atoms with Crippen molar-refractivity contribution in [3.63, 3.8) is 0 Å². The highest BCUT2D eigenvalue weighted by atomic mass is 127. The molecule has 1 fully saturated rings. The number of nitrogens with zero attached hydrogens (tertiary/aromatic N) is 4. The van der Waals surface area contributed by atoms with E-state index in [-0.39, 0.29) is 24.0 Å². The molecule has 3 rings (SSSR count). The summed E-state index contributed by atoms with van der Waals surface area (Å²) in [6.07, 6.45) is 6.39. The monoisotopic (exact) mass is 483 g/mol. The summed E-state index contributed by atoms with van der Waals surface area (Å²) >= 11 is 0. The number of hydrogen-bond acceptors (Lipinski definition) is 3. The molecular weight excluding hydrogens is 453 g/mol. The van der Waals surface area contributed by atoms with E-state index in [1.54, 1.807) is 6.20 Å². The minimum Gasteiger partial charge on any atom is -0.379 e. The summed E-state index contributed by atoms with van der Waals surface area (Å²) in [4.78, 5) is 6.91. The summed E-state index contributed by atoms with van der Waals surface area (Å²) in [5.41, 5.74) is 2.21. The fourth-order valence-electron chi connectivity index (χ4n) is 2.70. The lowest BCUT2D eigenvalue weighted by Crippen LogP contribution is -2.40. The number of hydrogen-bond donors (Lipinski definition) is 1. The molecule has 1 aromatic heterocycles. The minimum atomic E-state index is 0. The van der Waals surface area contributed by atoms with Gasteiger partial charge in [0.05, 0.1) is 18.8 Å². The van der Waals surface area contributed by atoms with Gasteiger partial charge < -0.3 is 15.0 Å². The molecule has 148 valence electrons. The van der Waals surface area contributed by atoms with Gasteiger partial charge in [0, 0.05) is 39.1 Å². The largest absolute Gasteiger partial charge is 0.379 e. The molecular formula is C20H30IN5O. The summed E-state index contributed by atoms with van der Waals surface area (Å²) < 4.78 is 7.61. The van der Waals surface area contributed by atoms with Crippen molar-refractivity contribution in [3.05, 3.63) is 48.3 Å². The zero-order valence-corrected chi connectivity index (χ0v) is 18.5. The lowest BCUT2D eigenvalue weighted by molar-refractivity contribution is 0.115. The Hall–Kier alpha value is -1.61. The summed E-state index contributed by atoms with van der Waals surface area (Å²) in [5.74, 6) is 1.72. The molecule has 1 N–H and O–H groups in total. The van der Waals surface area contributed by atoms with E-state index in [0.29, 0.717) is 6.54 Å². The fourth-order valence-corrected chi connectivity index (χ4v) is 2.70. The molecule has 0 radical (unpaired) electrons. The summed E-state index contributed by atoms with van der Waals surface area (Å²) in [6.45, 7) is 6.05. The summed E-state index contributed by atoms with van der Waals surface area (Å²) in [6, 6.07) is 10.2. The van der Waals surface area contributed by atoms with Gasteiger partial charge in [0.2, 0.25) is 0 Å². The molecule has 0 atom stereocenters. The maximum atomic E-state index is 5.74. The zero-order valence-electron chi connectivity index (χ0n) is 16.2. The van der Waals surface area contributed by atoms with Crippen LogP contribution in [0.15, 0.2) is 47.7 Å². The van der Waals surface area contributed by atoms with Crippen molar-refractivity contribution < 1.29 is 4.74 Å². The van der Waals surface area contributed by atoms with Gasteiger partial charge >= 0.3 is 0 Å². The molecule has 1 aliphatic carbocycles. The van der Waals surface area contributed by atoms with Crippen LogP contribution in [0, 0.1) is 5.92 Å². The van der Waals surface area contributed by atoms with Crippen molar-refractivity contribution >= 4 is 29.9 Å². The Morgan fingerprint density at radius 3 is 2.93 bits per heavy atom. The van der Waals surface area contributed by atoms with E-state index in [0.717, 1.165) is 49.4 Å². The predicted octanol–water partition coefficient (Wildman–Crippen LogP) is 3.31. The molecule has 2 aromatic rings. The molecule has 0 saturated heterocycles. The smallest absolute Gasteiger partial charge is 0.194 e.